The standard InChI is InChI=1S/C11H16F3NO3S/c12-11(13,14)6-19-5-9(16)15-8-3-1-7(2-4-8)10(17)18/h7-8H,1-6H2,(H,15,16)(H,17,18). The molecule has 8 heteroatoms. The van der Waals surface area contributed by atoms with Gasteiger partial charge in [-0.1, -0.05) is 0 Å². The van der Waals surface area contributed by atoms with Crippen LogP contribution in [0, 0.1) is 5.92 Å². The lowest BCUT2D eigenvalue weighted by molar-refractivity contribution is -0.142. The van der Waals surface area contributed by atoms with E-state index in [1.54, 1.807) is 0 Å². The first-order valence-corrected chi connectivity index (χ1v) is 7.10. The largest absolute Gasteiger partial charge is 0.481 e. The van der Waals surface area contributed by atoms with E-state index in [4.69, 9.17) is 5.11 Å². The average molecular weight is 299 g/mol. The van der Waals surface area contributed by atoms with Crippen molar-refractivity contribution >= 4 is 23.6 Å². The first-order chi connectivity index (χ1) is 8.78. The molecule has 0 aromatic rings. The number of aliphatic carboxylic acids is 1. The molecule has 0 radical (unpaired) electrons. The highest BCUT2D eigenvalue weighted by molar-refractivity contribution is 8.00. The van der Waals surface area contributed by atoms with Gasteiger partial charge >= 0.3 is 12.1 Å². The Balaban J connectivity index is 2.18. The predicted octanol–water partition coefficient (Wildman–Crippen LogP) is 2.04. The molecule has 0 aliphatic heterocycles. The number of alkyl halides is 3. The molecule has 1 rings (SSSR count). The smallest absolute Gasteiger partial charge is 0.397 e. The van der Waals surface area contributed by atoms with Gasteiger partial charge in [0.25, 0.3) is 0 Å². The van der Waals surface area contributed by atoms with Crippen molar-refractivity contribution in [3.63, 3.8) is 0 Å². The van der Waals surface area contributed by atoms with Crippen LogP contribution in [0.15, 0.2) is 0 Å². The van der Waals surface area contributed by atoms with Gasteiger partial charge in [-0.05, 0) is 25.7 Å². The SMILES string of the molecule is O=C(CSCC(F)(F)F)NC1CCC(C(=O)O)CC1. The van der Waals surface area contributed by atoms with Gasteiger partial charge in [0.2, 0.25) is 5.91 Å². The molecule has 4 nitrogen and oxygen atoms in total. The van der Waals surface area contributed by atoms with E-state index in [0.29, 0.717) is 37.4 Å². The number of nitrogens with one attached hydrogen (secondary N) is 1. The number of hydrogen-bond acceptors (Lipinski definition) is 3. The quantitative estimate of drug-likeness (QED) is 0.815. The number of thioether (sulfide) groups is 1. The van der Waals surface area contributed by atoms with E-state index in [-0.39, 0.29) is 17.7 Å². The van der Waals surface area contributed by atoms with Gasteiger partial charge < -0.3 is 10.4 Å². The zero-order valence-electron chi connectivity index (χ0n) is 10.2. The molecular weight excluding hydrogens is 283 g/mol. The fraction of sp³-hybridized carbons (Fsp3) is 0.818. The van der Waals surface area contributed by atoms with Crippen molar-refractivity contribution in [2.75, 3.05) is 11.5 Å². The minimum absolute atomic E-state index is 0.116. The van der Waals surface area contributed by atoms with Crippen molar-refractivity contribution in [2.45, 2.75) is 37.9 Å². The van der Waals surface area contributed by atoms with Crippen molar-refractivity contribution in [1.29, 1.82) is 0 Å². The zero-order valence-corrected chi connectivity index (χ0v) is 11.0. The fourth-order valence-corrected chi connectivity index (χ4v) is 2.62. The molecule has 1 aliphatic rings. The molecule has 0 aromatic heterocycles. The molecule has 0 saturated heterocycles. The number of carbonyl (C=O) groups excluding carboxylic acids is 1. The lowest BCUT2D eigenvalue weighted by Crippen LogP contribution is -2.39. The van der Waals surface area contributed by atoms with Crippen LogP contribution in [0.2, 0.25) is 0 Å². The van der Waals surface area contributed by atoms with Crippen LogP contribution in [-0.2, 0) is 9.59 Å². The Hall–Kier alpha value is -0.920. The van der Waals surface area contributed by atoms with E-state index in [9.17, 15) is 22.8 Å². The maximum absolute atomic E-state index is 11.9. The third-order valence-corrected chi connectivity index (χ3v) is 3.94. The van der Waals surface area contributed by atoms with E-state index in [2.05, 4.69) is 5.32 Å². The normalized spacial score (nSPS) is 23.9. The summed E-state index contributed by atoms with van der Waals surface area (Å²) in [5.74, 6) is -2.88. The summed E-state index contributed by atoms with van der Waals surface area (Å²) in [5, 5.41) is 11.4. The van der Waals surface area contributed by atoms with E-state index in [1.807, 2.05) is 0 Å². The van der Waals surface area contributed by atoms with Gasteiger partial charge in [0.15, 0.2) is 0 Å². The maximum Gasteiger partial charge on any atom is 0.397 e. The van der Waals surface area contributed by atoms with E-state index < -0.39 is 23.8 Å². The Morgan fingerprint density at radius 3 is 2.26 bits per heavy atom. The molecule has 0 bridgehead atoms. The average Bonchev–Trinajstić information content (AvgIpc) is 2.27. The Kier molecular flexibility index (Phi) is 5.96. The molecular formula is C11H16F3NO3S. The van der Waals surface area contributed by atoms with Crippen molar-refractivity contribution in [1.82, 2.24) is 5.32 Å². The molecule has 0 unspecified atom stereocenters. The molecule has 1 saturated carbocycles. The Morgan fingerprint density at radius 1 is 1.21 bits per heavy atom. The number of amides is 1. The third-order valence-electron chi connectivity index (χ3n) is 2.94. The molecule has 110 valence electrons. The fourth-order valence-electron chi connectivity index (χ4n) is 2.01. The van der Waals surface area contributed by atoms with Gasteiger partial charge in [0.05, 0.1) is 17.4 Å². The summed E-state index contributed by atoms with van der Waals surface area (Å²) in [4.78, 5) is 22.1. The number of halogens is 3. The second-order valence-electron chi connectivity index (χ2n) is 4.56. The molecule has 0 heterocycles. The predicted molar refractivity (Wildman–Crippen MR) is 64.9 cm³/mol. The van der Waals surface area contributed by atoms with Crippen molar-refractivity contribution in [3.05, 3.63) is 0 Å². The van der Waals surface area contributed by atoms with Gasteiger partial charge in [0, 0.05) is 6.04 Å². The summed E-state index contributed by atoms with van der Waals surface area (Å²) in [6.07, 6.45) is -2.14. The molecule has 2 N–H and O–H groups in total. The Morgan fingerprint density at radius 2 is 1.79 bits per heavy atom. The molecule has 19 heavy (non-hydrogen) atoms. The Bertz CT molecular complexity index is 328. The van der Waals surface area contributed by atoms with Crippen LogP contribution < -0.4 is 5.32 Å². The summed E-state index contributed by atoms with van der Waals surface area (Å²) >= 11 is 0.531. The number of hydrogen-bond donors (Lipinski definition) is 2. The highest BCUT2D eigenvalue weighted by Crippen LogP contribution is 2.25. The summed E-state index contributed by atoms with van der Waals surface area (Å²) in [5.41, 5.74) is 0. The molecule has 0 spiro atoms. The van der Waals surface area contributed by atoms with Gasteiger partial charge in [-0.25, -0.2) is 0 Å². The monoisotopic (exact) mass is 299 g/mol. The van der Waals surface area contributed by atoms with E-state index >= 15 is 0 Å². The van der Waals surface area contributed by atoms with Gasteiger partial charge in [0.1, 0.15) is 0 Å². The van der Waals surface area contributed by atoms with Gasteiger partial charge in [-0.3, -0.25) is 9.59 Å². The second kappa shape index (κ2) is 7.02. The number of carbonyl (C=O) groups is 2. The molecule has 0 aromatic carbocycles. The number of rotatable bonds is 5. The topological polar surface area (TPSA) is 66.4 Å². The lowest BCUT2D eigenvalue weighted by Gasteiger charge is -2.26. The van der Waals surface area contributed by atoms with Crippen LogP contribution in [0.25, 0.3) is 0 Å². The van der Waals surface area contributed by atoms with Crippen LogP contribution in [0.4, 0.5) is 13.2 Å². The molecule has 0 atom stereocenters. The third kappa shape index (κ3) is 6.70. The zero-order chi connectivity index (χ0) is 14.5. The minimum atomic E-state index is -4.26. The summed E-state index contributed by atoms with van der Waals surface area (Å²) < 4.78 is 35.6. The van der Waals surface area contributed by atoms with Crippen LogP contribution in [0.5, 0.6) is 0 Å². The first-order valence-electron chi connectivity index (χ1n) is 5.94. The highest BCUT2D eigenvalue weighted by atomic mass is 32.2. The van der Waals surface area contributed by atoms with Gasteiger partial charge in [-0.15, -0.1) is 11.8 Å². The van der Waals surface area contributed by atoms with Crippen LogP contribution in [0.3, 0.4) is 0 Å². The molecule has 1 amide bonds. The second-order valence-corrected chi connectivity index (χ2v) is 5.55. The number of carboxylic acid groups (broad SMARTS) is 1. The summed E-state index contributed by atoms with van der Waals surface area (Å²) in [6, 6.07) is -0.116. The van der Waals surface area contributed by atoms with Crippen LogP contribution >= 0.6 is 11.8 Å². The molecule has 1 aliphatic carbocycles. The van der Waals surface area contributed by atoms with Crippen molar-refractivity contribution < 1.29 is 27.9 Å². The maximum atomic E-state index is 11.9. The van der Waals surface area contributed by atoms with Crippen LogP contribution in [0.1, 0.15) is 25.7 Å². The van der Waals surface area contributed by atoms with E-state index in [1.165, 1.54) is 0 Å². The first kappa shape index (κ1) is 16.1. The highest BCUT2D eigenvalue weighted by Gasteiger charge is 2.28. The van der Waals surface area contributed by atoms with Crippen molar-refractivity contribution in [2.24, 2.45) is 5.92 Å². The lowest BCUT2D eigenvalue weighted by atomic mass is 9.86. The van der Waals surface area contributed by atoms with Gasteiger partial charge in [-0.2, -0.15) is 13.2 Å². The number of carboxylic acids is 1. The summed E-state index contributed by atoms with van der Waals surface area (Å²) in [7, 11) is 0. The summed E-state index contributed by atoms with van der Waals surface area (Å²) in [6.45, 7) is 0. The molecule has 1 fully saturated rings. The van der Waals surface area contributed by atoms with Crippen molar-refractivity contribution in [3.8, 4) is 0 Å². The van der Waals surface area contributed by atoms with E-state index in [0.717, 1.165) is 0 Å². The van der Waals surface area contributed by atoms with Crippen LogP contribution in [-0.4, -0.2) is 40.7 Å². The minimum Gasteiger partial charge on any atom is -0.481 e. The Labute approximate surface area is 113 Å².